The zero-order valence-corrected chi connectivity index (χ0v) is 19.9. The number of unbranched alkanes of at least 4 members (excludes halogenated alkanes) is 10. The summed E-state index contributed by atoms with van der Waals surface area (Å²) < 4.78 is 0. The summed E-state index contributed by atoms with van der Waals surface area (Å²) in [6, 6.07) is 17.0. The second-order valence-corrected chi connectivity index (χ2v) is 8.71. The van der Waals surface area contributed by atoms with Crippen LogP contribution >= 0.6 is 0 Å². The van der Waals surface area contributed by atoms with Crippen LogP contribution in [0.15, 0.2) is 58.9 Å². The summed E-state index contributed by atoms with van der Waals surface area (Å²) in [5.41, 5.74) is 7.71. The number of nitrogens with zero attached hydrogens (tertiary/aromatic N) is 2. The monoisotopic (exact) mass is 421 g/mol. The lowest BCUT2D eigenvalue weighted by molar-refractivity contribution is 0.607. The van der Waals surface area contributed by atoms with Gasteiger partial charge in [0.1, 0.15) is 0 Å². The maximum atomic E-state index is 4.29. The molecule has 31 heavy (non-hydrogen) atoms. The van der Waals surface area contributed by atoms with E-state index in [1.54, 1.807) is 0 Å². The molecule has 0 aliphatic rings. The molecule has 2 aromatic rings. The van der Waals surface area contributed by atoms with E-state index in [9.17, 15) is 0 Å². The molecule has 0 aromatic heterocycles. The van der Waals surface area contributed by atoms with Gasteiger partial charge in [0.2, 0.25) is 0 Å². The van der Waals surface area contributed by atoms with Crippen molar-refractivity contribution in [3.63, 3.8) is 0 Å². The average molecular weight is 422 g/mol. The summed E-state index contributed by atoms with van der Waals surface area (Å²) in [6.07, 6.45) is 18.4. The van der Waals surface area contributed by atoms with E-state index in [4.69, 9.17) is 0 Å². The van der Waals surface area contributed by atoms with E-state index in [2.05, 4.69) is 78.1 Å². The topological polar surface area (TPSA) is 36.8 Å². The summed E-state index contributed by atoms with van der Waals surface area (Å²) in [4.78, 5) is 0. The molecule has 0 saturated heterocycles. The molecule has 0 aliphatic heterocycles. The smallest absolute Gasteiger partial charge is 0.0874 e. The molecule has 170 valence electrons. The molecule has 2 aromatic carbocycles. The van der Waals surface area contributed by atoms with Crippen molar-refractivity contribution in [2.75, 3.05) is 5.43 Å². The van der Waals surface area contributed by atoms with Gasteiger partial charge in [0.15, 0.2) is 0 Å². The van der Waals surface area contributed by atoms with E-state index in [0.717, 1.165) is 17.8 Å². The van der Waals surface area contributed by atoms with Gasteiger partial charge in [0, 0.05) is 0 Å². The number of aryl methyl sites for hydroxylation is 2. The fourth-order valence-electron chi connectivity index (χ4n) is 3.83. The van der Waals surface area contributed by atoms with Gasteiger partial charge in [-0.25, -0.2) is 0 Å². The van der Waals surface area contributed by atoms with E-state index in [1.165, 1.54) is 94.6 Å². The van der Waals surface area contributed by atoms with Crippen molar-refractivity contribution in [2.24, 2.45) is 10.3 Å². The molecule has 0 atom stereocenters. The minimum atomic E-state index is 0.888. The van der Waals surface area contributed by atoms with Crippen LogP contribution in [0.1, 0.15) is 102 Å². The van der Waals surface area contributed by atoms with Crippen LogP contribution in [-0.4, -0.2) is 0 Å². The van der Waals surface area contributed by atoms with Gasteiger partial charge in [-0.15, -0.1) is 5.11 Å². The highest BCUT2D eigenvalue weighted by molar-refractivity contribution is 5.44. The Balaban J connectivity index is 1.64. The zero-order valence-electron chi connectivity index (χ0n) is 19.9. The summed E-state index contributed by atoms with van der Waals surface area (Å²) in [5.74, 6) is 0. The average Bonchev–Trinajstić information content (AvgIpc) is 2.80. The van der Waals surface area contributed by atoms with Crippen LogP contribution in [0.4, 0.5) is 11.4 Å². The van der Waals surface area contributed by atoms with Crippen molar-refractivity contribution in [2.45, 2.75) is 104 Å². The Hall–Kier alpha value is -2.16. The number of anilines is 1. The second-order valence-electron chi connectivity index (χ2n) is 8.71. The van der Waals surface area contributed by atoms with Gasteiger partial charge in [-0.2, -0.15) is 0 Å². The van der Waals surface area contributed by atoms with E-state index < -0.39 is 0 Å². The lowest BCUT2D eigenvalue weighted by atomic mass is 10.0. The molecule has 0 aliphatic carbocycles. The highest BCUT2D eigenvalue weighted by Crippen LogP contribution is 2.17. The number of rotatable bonds is 17. The molecule has 0 amide bonds. The normalized spacial score (nSPS) is 11.3. The van der Waals surface area contributed by atoms with Crippen molar-refractivity contribution in [3.8, 4) is 0 Å². The first kappa shape index (κ1) is 25.1. The Morgan fingerprint density at radius 2 is 1.00 bits per heavy atom. The number of benzene rings is 2. The van der Waals surface area contributed by atoms with Crippen LogP contribution in [0, 0.1) is 0 Å². The Labute approximate surface area is 190 Å². The van der Waals surface area contributed by atoms with Crippen molar-refractivity contribution >= 4 is 11.4 Å². The Kier molecular flexibility index (Phi) is 13.4. The van der Waals surface area contributed by atoms with Gasteiger partial charge in [-0.05, 0) is 61.1 Å². The van der Waals surface area contributed by atoms with Crippen LogP contribution in [0.2, 0.25) is 0 Å². The van der Waals surface area contributed by atoms with Gasteiger partial charge in [0.05, 0.1) is 11.4 Å². The SMILES string of the molecule is CCCCCCCCc1ccc(N=NNc2ccc(CCCCCCCC)cc2)cc1. The van der Waals surface area contributed by atoms with Gasteiger partial charge in [-0.1, -0.05) is 108 Å². The molecule has 2 rings (SSSR count). The van der Waals surface area contributed by atoms with Gasteiger partial charge in [0.25, 0.3) is 0 Å². The quantitative estimate of drug-likeness (QED) is 0.154. The zero-order chi connectivity index (χ0) is 22.0. The van der Waals surface area contributed by atoms with Gasteiger partial charge < -0.3 is 0 Å². The summed E-state index contributed by atoms with van der Waals surface area (Å²) >= 11 is 0. The molecule has 0 unspecified atom stereocenters. The predicted octanol–water partition coefficient (Wildman–Crippen LogP) is 9.60. The van der Waals surface area contributed by atoms with E-state index >= 15 is 0 Å². The molecule has 0 spiro atoms. The Morgan fingerprint density at radius 3 is 1.52 bits per heavy atom. The number of nitrogens with one attached hydrogen (secondary N) is 1. The molecule has 0 saturated carbocycles. The van der Waals surface area contributed by atoms with E-state index in [-0.39, 0.29) is 0 Å². The summed E-state index contributed by atoms with van der Waals surface area (Å²) in [7, 11) is 0. The molecule has 1 N–H and O–H groups in total. The molecule has 0 fully saturated rings. The third-order valence-corrected chi connectivity index (χ3v) is 5.87. The lowest BCUT2D eigenvalue weighted by Gasteiger charge is -2.04. The standard InChI is InChI=1S/C28H43N3/c1-3-5-7-9-11-13-15-25-17-21-27(22-18-25)29-31-30-28-23-19-26(20-24-28)16-14-12-10-8-6-4-2/h17-24H,3-16H2,1-2H3,(H,29,30). The van der Waals surface area contributed by atoms with Crippen LogP contribution < -0.4 is 5.43 Å². The first-order valence-electron chi connectivity index (χ1n) is 12.7. The van der Waals surface area contributed by atoms with Crippen LogP contribution in [-0.2, 0) is 12.8 Å². The van der Waals surface area contributed by atoms with E-state index in [0.29, 0.717) is 0 Å². The summed E-state index contributed by atoms with van der Waals surface area (Å²) in [6.45, 7) is 4.53. The molecule has 0 heterocycles. The van der Waals surface area contributed by atoms with Crippen LogP contribution in [0.25, 0.3) is 0 Å². The minimum absolute atomic E-state index is 0.888. The maximum Gasteiger partial charge on any atom is 0.0874 e. The third-order valence-electron chi connectivity index (χ3n) is 5.87. The first-order valence-corrected chi connectivity index (χ1v) is 12.7. The molecular formula is C28H43N3. The fraction of sp³-hybridized carbons (Fsp3) is 0.571. The Morgan fingerprint density at radius 1 is 0.548 bits per heavy atom. The van der Waals surface area contributed by atoms with Crippen molar-refractivity contribution in [3.05, 3.63) is 59.7 Å². The van der Waals surface area contributed by atoms with Crippen molar-refractivity contribution in [1.82, 2.24) is 0 Å². The molecule has 3 heteroatoms. The largest absolute Gasteiger partial charge is 0.260 e. The predicted molar refractivity (Wildman–Crippen MR) is 135 cm³/mol. The van der Waals surface area contributed by atoms with Crippen molar-refractivity contribution < 1.29 is 0 Å². The first-order chi connectivity index (χ1) is 15.3. The Bertz CT molecular complexity index is 704. The van der Waals surface area contributed by atoms with Gasteiger partial charge in [-0.3, -0.25) is 5.43 Å². The molecule has 3 nitrogen and oxygen atoms in total. The fourth-order valence-corrected chi connectivity index (χ4v) is 3.83. The van der Waals surface area contributed by atoms with Gasteiger partial charge >= 0.3 is 0 Å². The van der Waals surface area contributed by atoms with Crippen LogP contribution in [0.3, 0.4) is 0 Å². The molecule has 0 bridgehead atoms. The van der Waals surface area contributed by atoms with Crippen LogP contribution in [0.5, 0.6) is 0 Å². The summed E-state index contributed by atoms with van der Waals surface area (Å²) in [5, 5.41) is 8.45. The molecular weight excluding hydrogens is 378 g/mol. The minimum Gasteiger partial charge on any atom is -0.260 e. The molecule has 0 radical (unpaired) electrons. The highest BCUT2D eigenvalue weighted by Gasteiger charge is 1.97. The van der Waals surface area contributed by atoms with Crippen molar-refractivity contribution in [1.29, 1.82) is 0 Å². The number of hydrogen-bond acceptors (Lipinski definition) is 2. The lowest BCUT2D eigenvalue weighted by Crippen LogP contribution is -1.89. The third kappa shape index (κ3) is 11.7. The second kappa shape index (κ2) is 16.5. The number of hydrogen-bond donors (Lipinski definition) is 1. The highest BCUT2D eigenvalue weighted by atomic mass is 15.4. The maximum absolute atomic E-state index is 4.29. The van der Waals surface area contributed by atoms with E-state index in [1.807, 2.05) is 0 Å².